The number of hydrogen-bond donors (Lipinski definition) is 1. The number of phenols is 1. The lowest BCUT2D eigenvalue weighted by Gasteiger charge is -2.23. The summed E-state index contributed by atoms with van der Waals surface area (Å²) in [4.78, 5) is 0. The average molecular weight is 202 g/mol. The van der Waals surface area contributed by atoms with Crippen molar-refractivity contribution >= 4 is 10.9 Å². The fourth-order valence-corrected chi connectivity index (χ4v) is 2.29. The highest BCUT2D eigenvalue weighted by Gasteiger charge is 2.26. The Labute approximate surface area is 88.3 Å². The van der Waals surface area contributed by atoms with Gasteiger partial charge in [-0.05, 0) is 25.0 Å². The Morgan fingerprint density at radius 3 is 2.87 bits per heavy atom. The van der Waals surface area contributed by atoms with Crippen LogP contribution in [0.25, 0.3) is 10.9 Å². The molecule has 1 N–H and O–H groups in total. The molecule has 1 heterocycles. The molecule has 0 bridgehead atoms. The third-order valence-electron chi connectivity index (χ3n) is 3.37. The number of fused-ring (bicyclic) bond motifs is 1. The quantitative estimate of drug-likeness (QED) is 0.771. The zero-order valence-electron chi connectivity index (χ0n) is 8.77. The molecule has 0 saturated heterocycles. The lowest BCUT2D eigenvalue weighted by Crippen LogP contribution is -2.10. The van der Waals surface area contributed by atoms with Gasteiger partial charge in [0.1, 0.15) is 5.75 Å². The maximum Gasteiger partial charge on any atom is 0.126 e. The Kier molecular flexibility index (Phi) is 1.75. The molecule has 1 aromatic carbocycles. The van der Waals surface area contributed by atoms with Crippen LogP contribution >= 0.6 is 0 Å². The van der Waals surface area contributed by atoms with E-state index >= 15 is 0 Å². The second kappa shape index (κ2) is 2.99. The maximum absolute atomic E-state index is 9.88. The molecule has 0 unspecified atom stereocenters. The number of nitrogens with zero attached hydrogens (tertiary/aromatic N) is 2. The zero-order valence-corrected chi connectivity index (χ0v) is 8.77. The largest absolute Gasteiger partial charge is 0.507 e. The highest BCUT2D eigenvalue weighted by atomic mass is 16.3. The first kappa shape index (κ1) is 8.77. The Hall–Kier alpha value is -1.51. The van der Waals surface area contributed by atoms with Crippen LogP contribution in [-0.4, -0.2) is 14.9 Å². The monoisotopic (exact) mass is 202 g/mol. The summed E-state index contributed by atoms with van der Waals surface area (Å²) in [5.74, 6) is 0.921. The van der Waals surface area contributed by atoms with E-state index in [1.165, 1.54) is 19.3 Å². The molecule has 1 aliphatic carbocycles. The first-order valence-corrected chi connectivity index (χ1v) is 5.42. The summed E-state index contributed by atoms with van der Waals surface area (Å²) < 4.78 is 1.86. The second-order valence-electron chi connectivity index (χ2n) is 4.31. The van der Waals surface area contributed by atoms with Crippen molar-refractivity contribution in [3.63, 3.8) is 0 Å². The summed E-state index contributed by atoms with van der Waals surface area (Å²) in [5, 5.41) is 15.4. The van der Waals surface area contributed by atoms with Gasteiger partial charge in [0.05, 0.1) is 16.6 Å². The first-order chi connectivity index (χ1) is 7.27. The molecule has 2 aromatic rings. The van der Waals surface area contributed by atoms with E-state index in [2.05, 4.69) is 5.10 Å². The van der Waals surface area contributed by atoms with E-state index in [0.717, 1.165) is 16.6 Å². The fraction of sp³-hybridized carbons (Fsp3) is 0.417. The van der Waals surface area contributed by atoms with Gasteiger partial charge in [-0.25, -0.2) is 0 Å². The van der Waals surface area contributed by atoms with E-state index in [4.69, 9.17) is 0 Å². The highest BCUT2D eigenvalue weighted by Crippen LogP contribution is 2.41. The lowest BCUT2D eigenvalue weighted by atomic mass is 9.82. The van der Waals surface area contributed by atoms with Crippen molar-refractivity contribution in [1.82, 2.24) is 9.78 Å². The van der Waals surface area contributed by atoms with E-state index < -0.39 is 0 Å². The second-order valence-corrected chi connectivity index (χ2v) is 4.31. The Morgan fingerprint density at radius 1 is 1.40 bits per heavy atom. The summed E-state index contributed by atoms with van der Waals surface area (Å²) in [5.41, 5.74) is 2.11. The highest BCUT2D eigenvalue weighted by molar-refractivity contribution is 5.88. The summed E-state index contributed by atoms with van der Waals surface area (Å²) >= 11 is 0. The SMILES string of the molecule is Cn1nc(C2CCC2)c2c(O)cccc21. The van der Waals surface area contributed by atoms with E-state index in [0.29, 0.717) is 11.7 Å². The molecular formula is C12H14N2O. The minimum atomic E-state index is 0.363. The number of aromatic hydroxyl groups is 1. The van der Waals surface area contributed by atoms with Crippen LogP contribution in [0.1, 0.15) is 30.9 Å². The summed E-state index contributed by atoms with van der Waals surface area (Å²) in [6, 6.07) is 5.61. The zero-order chi connectivity index (χ0) is 10.4. The molecule has 1 aliphatic rings. The minimum absolute atomic E-state index is 0.363. The van der Waals surface area contributed by atoms with Gasteiger partial charge in [-0.1, -0.05) is 12.5 Å². The van der Waals surface area contributed by atoms with Crippen molar-refractivity contribution in [2.45, 2.75) is 25.2 Å². The number of aromatic nitrogens is 2. The molecule has 0 radical (unpaired) electrons. The number of rotatable bonds is 1. The number of aryl methyl sites for hydroxylation is 1. The number of hydrogen-bond acceptors (Lipinski definition) is 2. The molecule has 0 amide bonds. The van der Waals surface area contributed by atoms with Crippen molar-refractivity contribution in [3.05, 3.63) is 23.9 Å². The van der Waals surface area contributed by atoms with Crippen molar-refractivity contribution in [2.75, 3.05) is 0 Å². The standard InChI is InChI=1S/C12H14N2O/c1-14-9-6-3-7-10(15)11(9)12(13-14)8-4-2-5-8/h3,6-8,15H,2,4-5H2,1H3. The fourth-order valence-electron chi connectivity index (χ4n) is 2.29. The van der Waals surface area contributed by atoms with Crippen LogP contribution in [0.4, 0.5) is 0 Å². The summed E-state index contributed by atoms with van der Waals surface area (Å²) in [7, 11) is 1.93. The third kappa shape index (κ3) is 1.16. The number of phenolic OH excluding ortho intramolecular Hbond substituents is 1. The van der Waals surface area contributed by atoms with Crippen LogP contribution in [0.5, 0.6) is 5.75 Å². The van der Waals surface area contributed by atoms with Crippen LogP contribution in [0.2, 0.25) is 0 Å². The van der Waals surface area contributed by atoms with Crippen molar-refractivity contribution in [3.8, 4) is 5.75 Å². The van der Waals surface area contributed by atoms with E-state index in [-0.39, 0.29) is 0 Å². The first-order valence-electron chi connectivity index (χ1n) is 5.42. The normalized spacial score (nSPS) is 16.9. The molecule has 0 aliphatic heterocycles. The Balaban J connectivity index is 2.29. The van der Waals surface area contributed by atoms with E-state index in [1.807, 2.05) is 23.9 Å². The van der Waals surface area contributed by atoms with Gasteiger partial charge in [-0.2, -0.15) is 5.10 Å². The molecule has 1 fully saturated rings. The van der Waals surface area contributed by atoms with Gasteiger partial charge in [0.25, 0.3) is 0 Å². The van der Waals surface area contributed by atoms with Crippen molar-refractivity contribution < 1.29 is 5.11 Å². The van der Waals surface area contributed by atoms with E-state index in [9.17, 15) is 5.11 Å². The molecule has 3 rings (SSSR count). The molecular weight excluding hydrogens is 188 g/mol. The van der Waals surface area contributed by atoms with Crippen LogP contribution in [-0.2, 0) is 7.05 Å². The molecule has 0 atom stereocenters. The smallest absolute Gasteiger partial charge is 0.126 e. The van der Waals surface area contributed by atoms with E-state index in [1.54, 1.807) is 6.07 Å². The molecule has 78 valence electrons. The van der Waals surface area contributed by atoms with Gasteiger partial charge in [0, 0.05) is 13.0 Å². The van der Waals surface area contributed by atoms with Gasteiger partial charge in [-0.15, -0.1) is 0 Å². The predicted octanol–water partition coefficient (Wildman–Crippen LogP) is 2.55. The van der Waals surface area contributed by atoms with Gasteiger partial charge in [0.2, 0.25) is 0 Å². The van der Waals surface area contributed by atoms with Crippen LogP contribution in [0.15, 0.2) is 18.2 Å². The molecule has 1 aromatic heterocycles. The molecule has 1 saturated carbocycles. The minimum Gasteiger partial charge on any atom is -0.507 e. The van der Waals surface area contributed by atoms with Gasteiger partial charge in [-0.3, -0.25) is 4.68 Å². The third-order valence-corrected chi connectivity index (χ3v) is 3.37. The van der Waals surface area contributed by atoms with Gasteiger partial charge >= 0.3 is 0 Å². The Bertz CT molecular complexity index is 512. The topological polar surface area (TPSA) is 38.0 Å². The van der Waals surface area contributed by atoms with Crippen LogP contribution < -0.4 is 0 Å². The Morgan fingerprint density at radius 2 is 2.20 bits per heavy atom. The predicted molar refractivity (Wildman–Crippen MR) is 59.0 cm³/mol. The average Bonchev–Trinajstić information content (AvgIpc) is 2.43. The maximum atomic E-state index is 9.88. The summed E-state index contributed by atoms with van der Waals surface area (Å²) in [6.07, 6.45) is 3.71. The molecule has 3 heteroatoms. The van der Waals surface area contributed by atoms with Gasteiger partial charge in [0.15, 0.2) is 0 Å². The van der Waals surface area contributed by atoms with Gasteiger partial charge < -0.3 is 5.11 Å². The van der Waals surface area contributed by atoms with Crippen LogP contribution in [0.3, 0.4) is 0 Å². The van der Waals surface area contributed by atoms with Crippen LogP contribution in [0, 0.1) is 0 Å². The molecule has 15 heavy (non-hydrogen) atoms. The van der Waals surface area contributed by atoms with Crippen molar-refractivity contribution in [2.24, 2.45) is 7.05 Å². The summed E-state index contributed by atoms with van der Waals surface area (Å²) in [6.45, 7) is 0. The molecule has 3 nitrogen and oxygen atoms in total. The lowest BCUT2D eigenvalue weighted by molar-refractivity contribution is 0.408. The number of benzene rings is 1. The molecule has 0 spiro atoms. The van der Waals surface area contributed by atoms with Crippen molar-refractivity contribution in [1.29, 1.82) is 0 Å².